The summed E-state index contributed by atoms with van der Waals surface area (Å²) in [5.74, 6) is 5.34. The number of aliphatic hydroxyl groups is 2. The Kier molecular flexibility index (Phi) is 6.23. The van der Waals surface area contributed by atoms with Gasteiger partial charge >= 0.3 is 0 Å². The SMILES string of the molecule is Cc1cc(C(=O)N(CCO)C(C)C)ccc1C#CCO. The molecule has 0 aromatic heterocycles. The Hall–Kier alpha value is -1.83. The summed E-state index contributed by atoms with van der Waals surface area (Å²) in [6.07, 6.45) is 0. The van der Waals surface area contributed by atoms with E-state index in [0.29, 0.717) is 12.1 Å². The van der Waals surface area contributed by atoms with Crippen LogP contribution in [0.25, 0.3) is 0 Å². The van der Waals surface area contributed by atoms with Gasteiger partial charge in [-0.05, 0) is 44.5 Å². The molecule has 4 nitrogen and oxygen atoms in total. The molecule has 1 aromatic rings. The van der Waals surface area contributed by atoms with Crippen molar-refractivity contribution in [3.8, 4) is 11.8 Å². The molecule has 0 heterocycles. The van der Waals surface area contributed by atoms with Gasteiger partial charge in [0.1, 0.15) is 6.61 Å². The molecule has 0 radical (unpaired) electrons. The van der Waals surface area contributed by atoms with Crippen molar-refractivity contribution in [3.63, 3.8) is 0 Å². The van der Waals surface area contributed by atoms with Crippen LogP contribution in [0.4, 0.5) is 0 Å². The first kappa shape index (κ1) is 16.2. The number of aliphatic hydroxyl groups excluding tert-OH is 2. The number of carbonyl (C=O) groups is 1. The van der Waals surface area contributed by atoms with Crippen molar-refractivity contribution in [1.82, 2.24) is 4.90 Å². The van der Waals surface area contributed by atoms with Crippen LogP contribution in [0.1, 0.15) is 35.3 Å². The molecule has 0 saturated heterocycles. The summed E-state index contributed by atoms with van der Waals surface area (Å²) in [6, 6.07) is 5.33. The molecule has 0 fully saturated rings. The number of aryl methyl sites for hydroxylation is 1. The molecule has 1 amide bonds. The zero-order valence-electron chi connectivity index (χ0n) is 12.2. The second kappa shape index (κ2) is 7.68. The van der Waals surface area contributed by atoms with E-state index in [1.54, 1.807) is 23.1 Å². The summed E-state index contributed by atoms with van der Waals surface area (Å²) in [7, 11) is 0. The Morgan fingerprint density at radius 3 is 2.55 bits per heavy atom. The van der Waals surface area contributed by atoms with Crippen LogP contribution in [-0.2, 0) is 0 Å². The zero-order valence-corrected chi connectivity index (χ0v) is 12.2. The first-order valence-corrected chi connectivity index (χ1v) is 6.63. The third-order valence-corrected chi connectivity index (χ3v) is 3.00. The van der Waals surface area contributed by atoms with Crippen molar-refractivity contribution in [2.75, 3.05) is 19.8 Å². The standard InChI is InChI=1S/C16H21NO3/c1-12(2)17(8-10-19)16(20)15-7-6-14(5-4-9-18)13(3)11-15/h6-7,11-12,18-19H,8-10H2,1-3H3. The average molecular weight is 275 g/mol. The monoisotopic (exact) mass is 275 g/mol. The molecule has 0 unspecified atom stereocenters. The Morgan fingerprint density at radius 1 is 1.35 bits per heavy atom. The van der Waals surface area contributed by atoms with Crippen LogP contribution in [0.2, 0.25) is 0 Å². The van der Waals surface area contributed by atoms with Crippen LogP contribution in [0.3, 0.4) is 0 Å². The molecule has 0 aliphatic rings. The molecule has 0 aliphatic carbocycles. The highest BCUT2D eigenvalue weighted by Gasteiger charge is 2.18. The van der Waals surface area contributed by atoms with E-state index in [-0.39, 0.29) is 25.2 Å². The highest BCUT2D eigenvalue weighted by Crippen LogP contribution is 2.13. The maximum Gasteiger partial charge on any atom is 0.254 e. The minimum atomic E-state index is -0.183. The molecule has 0 spiro atoms. The maximum absolute atomic E-state index is 12.4. The van der Waals surface area contributed by atoms with Gasteiger partial charge in [0.25, 0.3) is 5.91 Å². The second-order valence-electron chi connectivity index (χ2n) is 4.81. The lowest BCUT2D eigenvalue weighted by atomic mass is 10.0. The van der Waals surface area contributed by atoms with Crippen molar-refractivity contribution >= 4 is 5.91 Å². The van der Waals surface area contributed by atoms with Crippen LogP contribution in [-0.4, -0.2) is 46.8 Å². The van der Waals surface area contributed by atoms with Gasteiger partial charge in [0.15, 0.2) is 0 Å². The Labute approximate surface area is 120 Å². The van der Waals surface area contributed by atoms with Gasteiger partial charge in [-0.25, -0.2) is 0 Å². The van der Waals surface area contributed by atoms with Gasteiger partial charge in [-0.2, -0.15) is 0 Å². The summed E-state index contributed by atoms with van der Waals surface area (Å²) in [6.45, 7) is 5.80. The molecule has 2 N–H and O–H groups in total. The van der Waals surface area contributed by atoms with Crippen LogP contribution >= 0.6 is 0 Å². The van der Waals surface area contributed by atoms with Gasteiger partial charge in [0, 0.05) is 23.7 Å². The molecule has 4 heteroatoms. The number of hydrogen-bond donors (Lipinski definition) is 2. The highest BCUT2D eigenvalue weighted by atomic mass is 16.3. The smallest absolute Gasteiger partial charge is 0.254 e. The van der Waals surface area contributed by atoms with Gasteiger partial charge in [-0.3, -0.25) is 4.79 Å². The first-order valence-electron chi connectivity index (χ1n) is 6.63. The highest BCUT2D eigenvalue weighted by molar-refractivity contribution is 5.94. The quantitative estimate of drug-likeness (QED) is 0.811. The second-order valence-corrected chi connectivity index (χ2v) is 4.81. The lowest BCUT2D eigenvalue weighted by Crippen LogP contribution is -2.39. The van der Waals surface area contributed by atoms with E-state index in [9.17, 15) is 4.79 Å². The fourth-order valence-electron chi connectivity index (χ4n) is 1.94. The number of carbonyl (C=O) groups excluding carboxylic acids is 1. The third-order valence-electron chi connectivity index (χ3n) is 3.00. The van der Waals surface area contributed by atoms with Gasteiger partial charge < -0.3 is 15.1 Å². The number of rotatable bonds is 4. The minimum Gasteiger partial charge on any atom is -0.395 e. The van der Waals surface area contributed by atoms with E-state index in [1.807, 2.05) is 20.8 Å². The minimum absolute atomic E-state index is 0.0313. The molecule has 108 valence electrons. The first-order chi connectivity index (χ1) is 9.51. The van der Waals surface area contributed by atoms with Crippen molar-refractivity contribution < 1.29 is 15.0 Å². The maximum atomic E-state index is 12.4. The van der Waals surface area contributed by atoms with E-state index in [4.69, 9.17) is 10.2 Å². The molecule has 0 aliphatic heterocycles. The number of amides is 1. The van der Waals surface area contributed by atoms with E-state index < -0.39 is 0 Å². The molecule has 0 saturated carbocycles. The van der Waals surface area contributed by atoms with Crippen LogP contribution < -0.4 is 0 Å². The zero-order chi connectivity index (χ0) is 15.1. The molecule has 0 bridgehead atoms. The van der Waals surface area contributed by atoms with E-state index >= 15 is 0 Å². The number of benzene rings is 1. The van der Waals surface area contributed by atoms with Gasteiger partial charge in [0.05, 0.1) is 6.61 Å². The molecule has 1 aromatic carbocycles. The summed E-state index contributed by atoms with van der Waals surface area (Å²) < 4.78 is 0. The van der Waals surface area contributed by atoms with Crippen molar-refractivity contribution in [2.45, 2.75) is 26.8 Å². The predicted octanol–water partition coefficient (Wildman–Crippen LogP) is 1.18. The lowest BCUT2D eigenvalue weighted by Gasteiger charge is -2.26. The summed E-state index contributed by atoms with van der Waals surface area (Å²) in [4.78, 5) is 14.0. The summed E-state index contributed by atoms with van der Waals surface area (Å²) in [5, 5.41) is 17.7. The third kappa shape index (κ3) is 4.09. The Bertz CT molecular complexity index is 526. The topological polar surface area (TPSA) is 60.8 Å². The summed E-state index contributed by atoms with van der Waals surface area (Å²) >= 11 is 0. The van der Waals surface area contributed by atoms with E-state index in [0.717, 1.165) is 11.1 Å². The molecule has 0 atom stereocenters. The predicted molar refractivity (Wildman–Crippen MR) is 78.4 cm³/mol. The van der Waals surface area contributed by atoms with Gasteiger partial charge in [0.2, 0.25) is 0 Å². The Morgan fingerprint density at radius 2 is 2.05 bits per heavy atom. The number of nitrogens with zero attached hydrogens (tertiary/aromatic N) is 1. The van der Waals surface area contributed by atoms with Crippen molar-refractivity contribution in [3.05, 3.63) is 34.9 Å². The largest absolute Gasteiger partial charge is 0.395 e. The Balaban J connectivity index is 3.02. The average Bonchev–Trinajstić information content (AvgIpc) is 2.42. The molecule has 20 heavy (non-hydrogen) atoms. The molecular formula is C16H21NO3. The van der Waals surface area contributed by atoms with Crippen molar-refractivity contribution in [1.29, 1.82) is 0 Å². The lowest BCUT2D eigenvalue weighted by molar-refractivity contribution is 0.0665. The van der Waals surface area contributed by atoms with Crippen LogP contribution in [0.15, 0.2) is 18.2 Å². The van der Waals surface area contributed by atoms with E-state index in [1.165, 1.54) is 0 Å². The number of hydrogen-bond acceptors (Lipinski definition) is 3. The normalized spacial score (nSPS) is 10.1. The van der Waals surface area contributed by atoms with Gasteiger partial charge in [-0.1, -0.05) is 11.8 Å². The molecular weight excluding hydrogens is 254 g/mol. The van der Waals surface area contributed by atoms with Crippen LogP contribution in [0, 0.1) is 18.8 Å². The molecule has 1 rings (SSSR count). The van der Waals surface area contributed by atoms with Crippen molar-refractivity contribution in [2.24, 2.45) is 0 Å². The fourth-order valence-corrected chi connectivity index (χ4v) is 1.94. The fraction of sp³-hybridized carbons (Fsp3) is 0.438. The van der Waals surface area contributed by atoms with Crippen LogP contribution in [0.5, 0.6) is 0 Å². The van der Waals surface area contributed by atoms with Gasteiger partial charge in [-0.15, -0.1) is 0 Å². The van der Waals surface area contributed by atoms with E-state index in [2.05, 4.69) is 11.8 Å². The summed E-state index contributed by atoms with van der Waals surface area (Å²) in [5.41, 5.74) is 2.28.